The number of amides is 1. The molecule has 0 atom stereocenters. The summed E-state index contributed by atoms with van der Waals surface area (Å²) in [5, 5.41) is 11.6. The molecule has 0 spiro atoms. The first kappa shape index (κ1) is 17.6. The van der Waals surface area contributed by atoms with Crippen LogP contribution >= 0.6 is 0 Å². The molecule has 0 bridgehead atoms. The van der Waals surface area contributed by atoms with Crippen molar-refractivity contribution in [3.05, 3.63) is 37.1 Å². The summed E-state index contributed by atoms with van der Waals surface area (Å²) in [6.45, 7) is 3.94. The van der Waals surface area contributed by atoms with Gasteiger partial charge in [-0.15, -0.1) is 0 Å². The fourth-order valence-electron chi connectivity index (χ4n) is 4.03. The fourth-order valence-corrected chi connectivity index (χ4v) is 4.03. The molecule has 0 unspecified atom stereocenters. The lowest BCUT2D eigenvalue weighted by atomic mass is 9.74. The predicted molar refractivity (Wildman–Crippen MR) is 109 cm³/mol. The van der Waals surface area contributed by atoms with E-state index in [0.29, 0.717) is 12.4 Å². The van der Waals surface area contributed by atoms with Crippen LogP contribution in [0.1, 0.15) is 33.1 Å². The van der Waals surface area contributed by atoms with Crippen LogP contribution < -0.4 is 10.6 Å². The van der Waals surface area contributed by atoms with Crippen LogP contribution in [0.5, 0.6) is 0 Å². The number of hydrogen-bond donors (Lipinski definition) is 3. The van der Waals surface area contributed by atoms with Crippen molar-refractivity contribution >= 4 is 28.5 Å². The van der Waals surface area contributed by atoms with Crippen LogP contribution in [0.3, 0.4) is 0 Å². The van der Waals surface area contributed by atoms with Gasteiger partial charge in [-0.25, -0.2) is 14.5 Å². The van der Waals surface area contributed by atoms with E-state index in [4.69, 9.17) is 0 Å². The van der Waals surface area contributed by atoms with E-state index in [2.05, 4.69) is 42.6 Å². The van der Waals surface area contributed by atoms with Gasteiger partial charge in [0.15, 0.2) is 5.65 Å². The highest BCUT2D eigenvalue weighted by Gasteiger charge is 2.41. The largest absolute Gasteiger partial charge is 0.351 e. The third-order valence-corrected chi connectivity index (χ3v) is 5.51. The first-order valence-corrected chi connectivity index (χ1v) is 9.74. The number of H-pyrrole nitrogens is 1. The van der Waals surface area contributed by atoms with E-state index in [0.717, 1.165) is 40.6 Å². The van der Waals surface area contributed by atoms with Crippen molar-refractivity contribution in [2.45, 2.75) is 44.7 Å². The molecule has 1 fully saturated rings. The van der Waals surface area contributed by atoms with E-state index in [1.165, 1.54) is 6.33 Å². The summed E-state index contributed by atoms with van der Waals surface area (Å²) in [5.74, 6) is 0.679. The second-order valence-corrected chi connectivity index (χ2v) is 7.85. The van der Waals surface area contributed by atoms with Crippen LogP contribution in [0.2, 0.25) is 0 Å². The van der Waals surface area contributed by atoms with Crippen LogP contribution in [-0.2, 0) is 4.79 Å². The number of hydrogen-bond acceptors (Lipinski definition) is 6. The highest BCUT2D eigenvalue weighted by atomic mass is 16.1. The normalized spacial score (nSPS) is 21.2. The summed E-state index contributed by atoms with van der Waals surface area (Å²) in [4.78, 5) is 28.2. The molecule has 4 heterocycles. The molecule has 1 aliphatic rings. The zero-order chi connectivity index (χ0) is 20.0. The van der Waals surface area contributed by atoms with Crippen LogP contribution in [0.25, 0.3) is 27.8 Å². The van der Waals surface area contributed by atoms with E-state index in [-0.39, 0.29) is 17.5 Å². The maximum absolute atomic E-state index is 11.6. The van der Waals surface area contributed by atoms with Gasteiger partial charge in [-0.05, 0) is 31.9 Å². The van der Waals surface area contributed by atoms with Gasteiger partial charge >= 0.3 is 0 Å². The molecule has 4 aromatic rings. The average Bonchev–Trinajstić information content (AvgIpc) is 3.32. The summed E-state index contributed by atoms with van der Waals surface area (Å²) >= 11 is 0. The molecule has 148 valence electrons. The highest BCUT2D eigenvalue weighted by Crippen LogP contribution is 2.34. The average molecular weight is 390 g/mol. The summed E-state index contributed by atoms with van der Waals surface area (Å²) in [5.41, 5.74) is 3.47. The molecule has 0 aromatic carbocycles. The number of nitrogens with zero attached hydrogens (tertiary/aromatic N) is 5. The lowest BCUT2D eigenvalue weighted by Crippen LogP contribution is -2.59. The van der Waals surface area contributed by atoms with E-state index >= 15 is 0 Å². The van der Waals surface area contributed by atoms with Crippen molar-refractivity contribution in [3.63, 3.8) is 0 Å². The Balaban J connectivity index is 1.33. The van der Waals surface area contributed by atoms with E-state index in [1.807, 2.05) is 37.6 Å². The van der Waals surface area contributed by atoms with E-state index < -0.39 is 0 Å². The number of aromatic amines is 1. The maximum atomic E-state index is 11.6. The SMILES string of the molecule is CCC(=O)N[C@]1(C)C[C@@H](Nc2ncc3c(-c4ccc5ncnn5c4)c[nH]c3n2)C1. The number of anilines is 1. The summed E-state index contributed by atoms with van der Waals surface area (Å²) < 4.78 is 1.75. The number of aromatic nitrogens is 6. The molecule has 9 nitrogen and oxygen atoms in total. The standard InChI is InChI=1S/C20H22N8O/c1-3-17(29)27-20(2)6-13(7-20)25-19-22-9-15-14(8-21-18(15)26-19)12-4-5-16-23-11-24-28(16)10-12/h4-5,8-11,13H,3,6-7H2,1-2H3,(H,27,29)(H2,21,22,25,26)/t13-,20-. The van der Waals surface area contributed by atoms with Crippen molar-refractivity contribution in [2.75, 3.05) is 5.32 Å². The molecular weight excluding hydrogens is 368 g/mol. The maximum Gasteiger partial charge on any atom is 0.224 e. The van der Waals surface area contributed by atoms with Crippen molar-refractivity contribution < 1.29 is 4.79 Å². The van der Waals surface area contributed by atoms with Gasteiger partial charge in [0.2, 0.25) is 11.9 Å². The van der Waals surface area contributed by atoms with Crippen molar-refractivity contribution in [1.82, 2.24) is 34.9 Å². The van der Waals surface area contributed by atoms with Gasteiger partial charge in [-0.2, -0.15) is 10.1 Å². The number of carbonyl (C=O) groups excluding carboxylic acids is 1. The van der Waals surface area contributed by atoms with Crippen LogP contribution in [0, 0.1) is 0 Å². The Hall–Kier alpha value is -3.49. The molecule has 5 rings (SSSR count). The van der Waals surface area contributed by atoms with Crippen LogP contribution in [0.15, 0.2) is 37.1 Å². The first-order valence-electron chi connectivity index (χ1n) is 9.74. The number of carbonyl (C=O) groups is 1. The lowest BCUT2D eigenvalue weighted by Gasteiger charge is -2.45. The monoisotopic (exact) mass is 390 g/mol. The molecule has 29 heavy (non-hydrogen) atoms. The van der Waals surface area contributed by atoms with Gasteiger partial charge in [-0.1, -0.05) is 6.92 Å². The van der Waals surface area contributed by atoms with Gasteiger partial charge in [0.1, 0.15) is 12.0 Å². The molecular formula is C20H22N8O. The number of nitrogens with one attached hydrogen (secondary N) is 3. The van der Waals surface area contributed by atoms with Gasteiger partial charge in [-0.3, -0.25) is 4.79 Å². The molecule has 1 amide bonds. The fraction of sp³-hybridized carbons (Fsp3) is 0.350. The van der Waals surface area contributed by atoms with Crippen molar-refractivity contribution in [3.8, 4) is 11.1 Å². The Labute approximate surface area is 167 Å². The molecule has 0 saturated heterocycles. The zero-order valence-electron chi connectivity index (χ0n) is 16.3. The second kappa shape index (κ2) is 6.54. The number of fused-ring (bicyclic) bond motifs is 2. The third-order valence-electron chi connectivity index (χ3n) is 5.51. The second-order valence-electron chi connectivity index (χ2n) is 7.85. The van der Waals surface area contributed by atoms with E-state index in [1.54, 1.807) is 4.52 Å². The van der Waals surface area contributed by atoms with Crippen molar-refractivity contribution in [1.29, 1.82) is 0 Å². The topological polar surface area (TPSA) is 113 Å². The summed E-state index contributed by atoms with van der Waals surface area (Å²) in [6.07, 6.45) is 9.46. The first-order chi connectivity index (χ1) is 14.0. The van der Waals surface area contributed by atoms with Gasteiger partial charge in [0.25, 0.3) is 0 Å². The summed E-state index contributed by atoms with van der Waals surface area (Å²) in [7, 11) is 0. The molecule has 3 N–H and O–H groups in total. The van der Waals surface area contributed by atoms with Crippen molar-refractivity contribution in [2.24, 2.45) is 0 Å². The third kappa shape index (κ3) is 3.18. The Kier molecular flexibility index (Phi) is 3.97. The summed E-state index contributed by atoms with van der Waals surface area (Å²) in [6, 6.07) is 4.19. The van der Waals surface area contributed by atoms with Crippen LogP contribution in [-0.4, -0.2) is 47.0 Å². The Morgan fingerprint density at radius 2 is 2.21 bits per heavy atom. The number of rotatable bonds is 5. The van der Waals surface area contributed by atoms with Gasteiger partial charge in [0.05, 0.1) is 0 Å². The molecule has 9 heteroatoms. The zero-order valence-corrected chi connectivity index (χ0v) is 16.3. The molecule has 4 aromatic heterocycles. The molecule has 1 aliphatic carbocycles. The van der Waals surface area contributed by atoms with Gasteiger partial charge in [0, 0.05) is 53.1 Å². The molecule has 0 radical (unpaired) electrons. The minimum Gasteiger partial charge on any atom is -0.351 e. The lowest BCUT2D eigenvalue weighted by molar-refractivity contribution is -0.123. The Morgan fingerprint density at radius 1 is 1.34 bits per heavy atom. The Bertz CT molecular complexity index is 1200. The van der Waals surface area contributed by atoms with E-state index in [9.17, 15) is 4.79 Å². The minimum atomic E-state index is -0.144. The Morgan fingerprint density at radius 3 is 3.03 bits per heavy atom. The van der Waals surface area contributed by atoms with Crippen LogP contribution in [0.4, 0.5) is 5.95 Å². The van der Waals surface area contributed by atoms with Gasteiger partial charge < -0.3 is 15.6 Å². The number of pyridine rings is 1. The molecule has 1 saturated carbocycles. The highest BCUT2D eigenvalue weighted by molar-refractivity contribution is 5.93. The quantitative estimate of drug-likeness (QED) is 0.483. The molecule has 0 aliphatic heterocycles. The predicted octanol–water partition coefficient (Wildman–Crippen LogP) is 2.53. The minimum absolute atomic E-state index is 0.0895. The smallest absolute Gasteiger partial charge is 0.224 e.